The smallest absolute Gasteiger partial charge is 0.294 e. The summed E-state index contributed by atoms with van der Waals surface area (Å²) in [6, 6.07) is 5.92. The SMILES string of the molecule is CNc1cc(C)c2c(O)cc(S(=O)(=O)O)cc2c1. The van der Waals surface area contributed by atoms with Crippen molar-refractivity contribution in [1.29, 1.82) is 0 Å². The number of hydrogen-bond donors (Lipinski definition) is 3. The second kappa shape index (κ2) is 4.15. The van der Waals surface area contributed by atoms with Crippen LogP contribution in [-0.2, 0) is 10.1 Å². The van der Waals surface area contributed by atoms with Gasteiger partial charge in [-0.05, 0) is 36.1 Å². The molecule has 0 saturated carbocycles. The minimum Gasteiger partial charge on any atom is -0.507 e. The van der Waals surface area contributed by atoms with Crippen molar-refractivity contribution < 1.29 is 18.1 Å². The fraction of sp³-hybridized carbons (Fsp3) is 0.167. The van der Waals surface area contributed by atoms with Crippen LogP contribution in [0.1, 0.15) is 5.56 Å². The van der Waals surface area contributed by atoms with E-state index in [0.29, 0.717) is 10.8 Å². The molecule has 0 radical (unpaired) electrons. The zero-order valence-corrected chi connectivity index (χ0v) is 10.7. The van der Waals surface area contributed by atoms with Gasteiger partial charge < -0.3 is 10.4 Å². The molecule has 6 heteroatoms. The van der Waals surface area contributed by atoms with Crippen molar-refractivity contribution in [3.05, 3.63) is 29.8 Å². The average Bonchev–Trinajstić information content (AvgIpc) is 2.26. The minimum atomic E-state index is -4.33. The fourth-order valence-electron chi connectivity index (χ4n) is 1.97. The first-order valence-corrected chi connectivity index (χ1v) is 6.69. The predicted molar refractivity (Wildman–Crippen MR) is 69.7 cm³/mol. The Morgan fingerprint density at radius 2 is 1.83 bits per heavy atom. The summed E-state index contributed by atoms with van der Waals surface area (Å²) in [7, 11) is -2.59. The standard InChI is InChI=1S/C12H13NO4S/c1-7-3-9(13-2)4-8-5-10(18(15,16)17)6-11(14)12(7)8/h3-6,13-14H,1-2H3,(H,15,16,17). The first kappa shape index (κ1) is 12.7. The van der Waals surface area contributed by atoms with Crippen LogP contribution in [0.5, 0.6) is 5.75 Å². The second-order valence-electron chi connectivity index (χ2n) is 4.06. The Balaban J connectivity index is 2.87. The van der Waals surface area contributed by atoms with Gasteiger partial charge in [0.05, 0.1) is 4.90 Å². The number of fused-ring (bicyclic) bond motifs is 1. The molecule has 5 nitrogen and oxygen atoms in total. The van der Waals surface area contributed by atoms with Gasteiger partial charge in [0, 0.05) is 24.2 Å². The zero-order valence-electron chi connectivity index (χ0n) is 9.93. The quantitative estimate of drug-likeness (QED) is 0.726. The Labute approximate surface area is 105 Å². The topological polar surface area (TPSA) is 86.6 Å². The maximum absolute atomic E-state index is 11.1. The predicted octanol–water partition coefficient (Wildman–Crippen LogP) is 2.14. The van der Waals surface area contributed by atoms with Gasteiger partial charge in [-0.1, -0.05) is 0 Å². The number of phenolic OH excluding ortho intramolecular Hbond substituents is 1. The molecule has 3 N–H and O–H groups in total. The number of anilines is 1. The van der Waals surface area contributed by atoms with Gasteiger partial charge in [0.2, 0.25) is 0 Å². The molecule has 0 aliphatic carbocycles. The Kier molecular flexibility index (Phi) is 2.92. The van der Waals surface area contributed by atoms with Crippen molar-refractivity contribution >= 4 is 26.6 Å². The van der Waals surface area contributed by atoms with Crippen molar-refractivity contribution in [1.82, 2.24) is 0 Å². The lowest BCUT2D eigenvalue weighted by Crippen LogP contribution is -1.98. The van der Waals surface area contributed by atoms with Gasteiger partial charge >= 0.3 is 0 Å². The van der Waals surface area contributed by atoms with E-state index in [1.165, 1.54) is 6.07 Å². The van der Waals surface area contributed by atoms with E-state index in [2.05, 4.69) is 5.32 Å². The Morgan fingerprint density at radius 3 is 2.39 bits per heavy atom. The number of nitrogens with one attached hydrogen (secondary N) is 1. The van der Waals surface area contributed by atoms with Crippen LogP contribution < -0.4 is 5.32 Å². The van der Waals surface area contributed by atoms with Crippen LogP contribution in [0, 0.1) is 6.92 Å². The average molecular weight is 267 g/mol. The number of rotatable bonds is 2. The van der Waals surface area contributed by atoms with Crippen molar-refractivity contribution in [3.63, 3.8) is 0 Å². The summed E-state index contributed by atoms with van der Waals surface area (Å²) in [6.07, 6.45) is 0. The molecular weight excluding hydrogens is 254 g/mol. The third-order valence-corrected chi connectivity index (χ3v) is 3.62. The highest BCUT2D eigenvalue weighted by Gasteiger charge is 2.14. The molecule has 0 bridgehead atoms. The summed E-state index contributed by atoms with van der Waals surface area (Å²) >= 11 is 0. The lowest BCUT2D eigenvalue weighted by atomic mass is 10.0. The fourth-order valence-corrected chi connectivity index (χ4v) is 2.51. The molecule has 18 heavy (non-hydrogen) atoms. The van der Waals surface area contributed by atoms with Crippen LogP contribution in [0.3, 0.4) is 0 Å². The lowest BCUT2D eigenvalue weighted by Gasteiger charge is -2.10. The van der Waals surface area contributed by atoms with E-state index in [-0.39, 0.29) is 10.6 Å². The molecule has 0 aromatic heterocycles. The summed E-state index contributed by atoms with van der Waals surface area (Å²) in [5.74, 6) is -0.166. The van der Waals surface area contributed by atoms with Gasteiger partial charge in [0.25, 0.3) is 10.1 Å². The zero-order chi connectivity index (χ0) is 13.5. The molecule has 2 aromatic carbocycles. The van der Waals surface area contributed by atoms with Crippen LogP contribution in [0.4, 0.5) is 5.69 Å². The monoisotopic (exact) mass is 267 g/mol. The summed E-state index contributed by atoms with van der Waals surface area (Å²) in [4.78, 5) is -0.319. The molecule has 96 valence electrons. The van der Waals surface area contributed by atoms with Crippen LogP contribution in [0.2, 0.25) is 0 Å². The van der Waals surface area contributed by atoms with Gasteiger partial charge in [-0.15, -0.1) is 0 Å². The molecular formula is C12H13NO4S. The number of phenols is 1. The van der Waals surface area contributed by atoms with Gasteiger partial charge in [-0.2, -0.15) is 8.42 Å². The molecule has 0 fully saturated rings. The van der Waals surface area contributed by atoms with Crippen LogP contribution in [-0.4, -0.2) is 25.1 Å². The third-order valence-electron chi connectivity index (χ3n) is 2.79. The van der Waals surface area contributed by atoms with E-state index in [9.17, 15) is 13.5 Å². The highest BCUT2D eigenvalue weighted by molar-refractivity contribution is 7.85. The molecule has 0 spiro atoms. The first-order chi connectivity index (χ1) is 8.32. The largest absolute Gasteiger partial charge is 0.507 e. The van der Waals surface area contributed by atoms with E-state index in [1.807, 2.05) is 13.0 Å². The molecule has 0 unspecified atom stereocenters. The van der Waals surface area contributed by atoms with Crippen molar-refractivity contribution in [2.45, 2.75) is 11.8 Å². The van der Waals surface area contributed by atoms with Gasteiger partial charge in [0.15, 0.2) is 0 Å². The number of aromatic hydroxyl groups is 1. The van der Waals surface area contributed by atoms with Gasteiger partial charge in [0.1, 0.15) is 5.75 Å². The van der Waals surface area contributed by atoms with E-state index in [1.54, 1.807) is 13.1 Å². The molecule has 0 aliphatic heterocycles. The van der Waals surface area contributed by atoms with Crippen LogP contribution >= 0.6 is 0 Å². The molecule has 0 aliphatic rings. The van der Waals surface area contributed by atoms with Crippen LogP contribution in [0.25, 0.3) is 10.8 Å². The number of benzene rings is 2. The highest BCUT2D eigenvalue weighted by atomic mass is 32.2. The molecule has 2 aromatic rings. The Bertz CT molecular complexity index is 722. The van der Waals surface area contributed by atoms with Crippen LogP contribution in [0.15, 0.2) is 29.2 Å². The number of hydrogen-bond acceptors (Lipinski definition) is 4. The maximum Gasteiger partial charge on any atom is 0.294 e. The van der Waals surface area contributed by atoms with E-state index >= 15 is 0 Å². The summed E-state index contributed by atoms with van der Waals surface area (Å²) in [5, 5.41) is 13.9. The first-order valence-electron chi connectivity index (χ1n) is 5.25. The van der Waals surface area contributed by atoms with Crippen molar-refractivity contribution in [3.8, 4) is 5.75 Å². The summed E-state index contributed by atoms with van der Waals surface area (Å²) in [5.41, 5.74) is 1.61. The molecule has 0 amide bonds. The van der Waals surface area contributed by atoms with Crippen molar-refractivity contribution in [2.24, 2.45) is 0 Å². The Hall–Kier alpha value is -1.79. The maximum atomic E-state index is 11.1. The van der Waals surface area contributed by atoms with Gasteiger partial charge in [-0.3, -0.25) is 4.55 Å². The second-order valence-corrected chi connectivity index (χ2v) is 5.48. The minimum absolute atomic E-state index is 0.166. The molecule has 0 saturated heterocycles. The highest BCUT2D eigenvalue weighted by Crippen LogP contribution is 2.33. The summed E-state index contributed by atoms with van der Waals surface area (Å²) in [6.45, 7) is 1.82. The molecule has 0 heterocycles. The summed E-state index contributed by atoms with van der Waals surface area (Å²) < 4.78 is 31.2. The van der Waals surface area contributed by atoms with E-state index < -0.39 is 10.1 Å². The van der Waals surface area contributed by atoms with E-state index in [0.717, 1.165) is 17.3 Å². The lowest BCUT2D eigenvalue weighted by molar-refractivity contribution is 0.470. The molecule has 2 rings (SSSR count). The van der Waals surface area contributed by atoms with E-state index in [4.69, 9.17) is 4.55 Å². The Morgan fingerprint density at radius 1 is 1.17 bits per heavy atom. The van der Waals surface area contributed by atoms with Crippen molar-refractivity contribution in [2.75, 3.05) is 12.4 Å². The molecule has 0 atom stereocenters. The van der Waals surface area contributed by atoms with Gasteiger partial charge in [-0.25, -0.2) is 0 Å². The third kappa shape index (κ3) is 2.12. The number of aryl methyl sites for hydroxylation is 1. The normalized spacial score (nSPS) is 11.7.